The summed E-state index contributed by atoms with van der Waals surface area (Å²) in [6, 6.07) is 37.5. The summed E-state index contributed by atoms with van der Waals surface area (Å²) in [6.07, 6.45) is 2.09. The molecule has 1 aliphatic rings. The number of fused-ring (bicyclic) bond motifs is 5. The van der Waals surface area contributed by atoms with Gasteiger partial charge in [0.05, 0.1) is 5.66 Å². The molecule has 1 nitrogen and oxygen atoms in total. The van der Waals surface area contributed by atoms with E-state index >= 15 is 0 Å². The fraction of sp³-hybridized carbons (Fsp3) is 0.118. The van der Waals surface area contributed by atoms with Gasteiger partial charge in [-0.2, -0.15) is 0 Å². The maximum atomic E-state index is 6.83. The van der Waals surface area contributed by atoms with Gasteiger partial charge in [-0.3, -0.25) is 0 Å². The van der Waals surface area contributed by atoms with E-state index in [0.717, 1.165) is 24.1 Å². The average Bonchev–Trinajstić information content (AvgIpc) is 3.43. The first-order chi connectivity index (χ1) is 17.7. The molecule has 1 aromatic heterocycles. The first-order valence-corrected chi connectivity index (χ1v) is 13.0. The topological polar surface area (TPSA) is 13.1 Å². The Hall–Kier alpha value is -4.04. The monoisotopic (exact) mass is 462 g/mol. The molecule has 6 aromatic rings. The molecule has 0 fully saturated rings. The van der Waals surface area contributed by atoms with Crippen molar-refractivity contribution in [3.05, 3.63) is 114 Å². The van der Waals surface area contributed by atoms with Gasteiger partial charge in [0, 0.05) is 5.39 Å². The molecule has 0 atom stereocenters. The lowest BCUT2D eigenvalue weighted by Crippen LogP contribution is -2.50. The third kappa shape index (κ3) is 3.18. The van der Waals surface area contributed by atoms with Crippen LogP contribution in [-0.2, 0) is 6.42 Å². The van der Waals surface area contributed by atoms with E-state index in [2.05, 4.69) is 117 Å². The van der Waals surface area contributed by atoms with E-state index < -0.39 is 0 Å². The van der Waals surface area contributed by atoms with Crippen LogP contribution >= 0.6 is 0 Å². The Morgan fingerprint density at radius 3 is 2.28 bits per heavy atom. The highest BCUT2D eigenvalue weighted by Gasteiger charge is 2.39. The van der Waals surface area contributed by atoms with Crippen LogP contribution in [0.2, 0.25) is 0 Å². The predicted molar refractivity (Wildman–Crippen MR) is 154 cm³/mol. The number of rotatable bonds is 4. The molecule has 0 N–H and O–H groups in total. The minimum atomic E-state index is 0.109. The lowest BCUT2D eigenvalue weighted by molar-refractivity contribution is 0.647. The second kappa shape index (κ2) is 8.27. The van der Waals surface area contributed by atoms with Gasteiger partial charge >= 0.3 is 0 Å². The maximum Gasteiger partial charge on any atom is 0.289 e. The van der Waals surface area contributed by atoms with Crippen LogP contribution in [0, 0.1) is 6.92 Å². The third-order valence-corrected chi connectivity index (χ3v) is 7.83. The first-order valence-electron chi connectivity index (χ1n) is 13.0. The predicted octanol–water partition coefficient (Wildman–Crippen LogP) is 7.01. The molecular formula is C34H27BO. The van der Waals surface area contributed by atoms with Gasteiger partial charge < -0.3 is 4.42 Å². The molecule has 1 aliphatic heterocycles. The normalized spacial score (nSPS) is 12.3. The van der Waals surface area contributed by atoms with Crippen LogP contribution in [0.1, 0.15) is 24.5 Å². The van der Waals surface area contributed by atoms with Gasteiger partial charge in [-0.25, -0.2) is 0 Å². The smallest absolute Gasteiger partial charge is 0.289 e. The van der Waals surface area contributed by atoms with Crippen molar-refractivity contribution >= 4 is 45.0 Å². The van der Waals surface area contributed by atoms with E-state index in [1.807, 2.05) is 0 Å². The van der Waals surface area contributed by atoms with Gasteiger partial charge in [-0.05, 0) is 70.1 Å². The van der Waals surface area contributed by atoms with Crippen molar-refractivity contribution in [2.75, 3.05) is 0 Å². The zero-order chi connectivity index (χ0) is 24.2. The Morgan fingerprint density at radius 2 is 1.47 bits per heavy atom. The van der Waals surface area contributed by atoms with Gasteiger partial charge in [-0.15, -0.1) is 0 Å². The summed E-state index contributed by atoms with van der Waals surface area (Å²) in [6.45, 7) is 4.61. The van der Waals surface area contributed by atoms with Crippen molar-refractivity contribution in [3.8, 4) is 22.3 Å². The van der Waals surface area contributed by atoms with Gasteiger partial charge in [0.25, 0.3) is 6.71 Å². The molecule has 0 saturated heterocycles. The summed E-state index contributed by atoms with van der Waals surface area (Å²) in [5.74, 6) is 0. The summed E-state index contributed by atoms with van der Waals surface area (Å²) >= 11 is 0. The van der Waals surface area contributed by atoms with E-state index in [9.17, 15) is 0 Å². The Morgan fingerprint density at radius 1 is 0.694 bits per heavy atom. The van der Waals surface area contributed by atoms with Crippen molar-refractivity contribution in [3.63, 3.8) is 0 Å². The molecule has 0 amide bonds. The second-order valence-electron chi connectivity index (χ2n) is 10.0. The molecule has 2 heteroatoms. The standard InChI is InChI=1S/C34H27BO/c1-3-10-28-30-20-24-14-7-8-15-25(24)21-32(30)36-34(28)35-31-18-17-26(23-12-5-4-6-13-23)19-29(31)27-16-9-11-22(2)33(27)35/h4-9,11-21H,3,10H2,1-2H3. The maximum absolute atomic E-state index is 6.83. The Labute approximate surface area is 212 Å². The molecule has 5 aromatic carbocycles. The number of hydrogen-bond acceptors (Lipinski definition) is 1. The minimum absolute atomic E-state index is 0.109. The van der Waals surface area contributed by atoms with E-state index in [1.165, 1.54) is 60.5 Å². The van der Waals surface area contributed by atoms with Crippen LogP contribution < -0.4 is 16.6 Å². The van der Waals surface area contributed by atoms with E-state index in [-0.39, 0.29) is 6.71 Å². The lowest BCUT2D eigenvalue weighted by Gasteiger charge is -2.12. The molecule has 0 aliphatic carbocycles. The van der Waals surface area contributed by atoms with E-state index in [4.69, 9.17) is 4.42 Å². The summed E-state index contributed by atoms with van der Waals surface area (Å²) in [5, 5.41) is 3.75. The van der Waals surface area contributed by atoms with Crippen molar-refractivity contribution in [2.45, 2.75) is 26.7 Å². The summed E-state index contributed by atoms with van der Waals surface area (Å²) in [5.41, 5.74) is 12.7. The summed E-state index contributed by atoms with van der Waals surface area (Å²) in [7, 11) is 0. The fourth-order valence-electron chi connectivity index (χ4n) is 6.17. The summed E-state index contributed by atoms with van der Waals surface area (Å²) < 4.78 is 6.83. The van der Waals surface area contributed by atoms with E-state index in [1.54, 1.807) is 0 Å². The van der Waals surface area contributed by atoms with Crippen LogP contribution in [0.25, 0.3) is 44.0 Å². The number of benzene rings is 5. The molecule has 2 heterocycles. The van der Waals surface area contributed by atoms with Crippen molar-refractivity contribution in [2.24, 2.45) is 0 Å². The highest BCUT2D eigenvalue weighted by molar-refractivity contribution is 6.99. The van der Waals surface area contributed by atoms with Gasteiger partial charge in [-0.1, -0.05) is 115 Å². The van der Waals surface area contributed by atoms with Gasteiger partial charge in [0.2, 0.25) is 0 Å². The molecule has 36 heavy (non-hydrogen) atoms. The minimum Gasteiger partial charge on any atom is -0.470 e. The second-order valence-corrected chi connectivity index (χ2v) is 10.0. The molecule has 0 spiro atoms. The Kier molecular flexibility index (Phi) is 4.89. The number of furan rings is 1. The molecule has 0 unspecified atom stereocenters. The van der Waals surface area contributed by atoms with E-state index in [0.29, 0.717) is 0 Å². The van der Waals surface area contributed by atoms with Crippen LogP contribution in [0.3, 0.4) is 0 Å². The number of hydrogen-bond donors (Lipinski definition) is 0. The highest BCUT2D eigenvalue weighted by atomic mass is 16.3. The molecule has 0 bridgehead atoms. The van der Waals surface area contributed by atoms with Crippen LogP contribution in [0.4, 0.5) is 0 Å². The lowest BCUT2D eigenvalue weighted by atomic mass is 9.40. The third-order valence-electron chi connectivity index (χ3n) is 7.83. The van der Waals surface area contributed by atoms with Gasteiger partial charge in [0.1, 0.15) is 5.58 Å². The quantitative estimate of drug-likeness (QED) is 0.257. The SMILES string of the molecule is CCCc1c(B2c3ccc(-c4ccccc4)cc3-c3cccc(C)c32)oc2cc3ccccc3cc12. The van der Waals surface area contributed by atoms with Crippen molar-refractivity contribution in [1.82, 2.24) is 0 Å². The van der Waals surface area contributed by atoms with Crippen molar-refractivity contribution < 1.29 is 4.42 Å². The average molecular weight is 462 g/mol. The molecule has 0 radical (unpaired) electrons. The molecule has 0 saturated carbocycles. The Balaban J connectivity index is 1.50. The first kappa shape index (κ1) is 21.3. The van der Waals surface area contributed by atoms with Gasteiger partial charge in [0.15, 0.2) is 0 Å². The number of aryl methyl sites for hydroxylation is 2. The zero-order valence-corrected chi connectivity index (χ0v) is 20.7. The van der Waals surface area contributed by atoms with Crippen molar-refractivity contribution in [1.29, 1.82) is 0 Å². The largest absolute Gasteiger partial charge is 0.470 e. The molecular weight excluding hydrogens is 435 g/mol. The highest BCUT2D eigenvalue weighted by Crippen LogP contribution is 2.32. The van der Waals surface area contributed by atoms with Crippen LogP contribution in [0.5, 0.6) is 0 Å². The zero-order valence-electron chi connectivity index (χ0n) is 20.7. The van der Waals surface area contributed by atoms with Crippen LogP contribution in [0.15, 0.2) is 108 Å². The molecule has 172 valence electrons. The van der Waals surface area contributed by atoms with Crippen LogP contribution in [-0.4, -0.2) is 6.71 Å². The fourth-order valence-corrected chi connectivity index (χ4v) is 6.17. The Bertz CT molecular complexity index is 1760. The molecule has 7 rings (SSSR count). The summed E-state index contributed by atoms with van der Waals surface area (Å²) in [4.78, 5) is 0.